The predicted molar refractivity (Wildman–Crippen MR) is 109 cm³/mol. The van der Waals surface area contributed by atoms with Gasteiger partial charge in [-0.05, 0) is 48.2 Å². The first-order chi connectivity index (χ1) is 13.2. The molecule has 0 radical (unpaired) electrons. The predicted octanol–water partition coefficient (Wildman–Crippen LogP) is 4.92. The first kappa shape index (κ1) is 17.7. The van der Waals surface area contributed by atoms with E-state index in [1.54, 1.807) is 6.07 Å². The van der Waals surface area contributed by atoms with Crippen LogP contribution in [0, 0.1) is 11.3 Å². The van der Waals surface area contributed by atoms with Crippen molar-refractivity contribution in [2.24, 2.45) is 7.05 Å². The Morgan fingerprint density at radius 1 is 1.22 bits per heavy atom. The number of alkyl halides is 1. The number of hydrogen-bond donors (Lipinski definition) is 0. The van der Waals surface area contributed by atoms with E-state index in [0.717, 1.165) is 34.5 Å². The SMILES string of the molecule is Cn1c(-c2ccc(N3CCCS3)cc2)c(C#N)c2ccc(OCCF)cc21. The van der Waals surface area contributed by atoms with Gasteiger partial charge in [0.2, 0.25) is 0 Å². The number of nitrogens with zero attached hydrogens (tertiary/aromatic N) is 3. The zero-order chi connectivity index (χ0) is 18.8. The van der Waals surface area contributed by atoms with Gasteiger partial charge in [0.1, 0.15) is 25.1 Å². The highest BCUT2D eigenvalue weighted by Gasteiger charge is 2.18. The highest BCUT2D eigenvalue weighted by atomic mass is 32.2. The largest absolute Gasteiger partial charge is 0.491 e. The normalized spacial score (nSPS) is 13.9. The van der Waals surface area contributed by atoms with Crippen LogP contribution in [-0.2, 0) is 7.05 Å². The number of ether oxygens (including phenoxy) is 1. The zero-order valence-electron chi connectivity index (χ0n) is 15.1. The molecule has 2 aromatic carbocycles. The number of aryl methyl sites for hydroxylation is 1. The van der Waals surface area contributed by atoms with Crippen LogP contribution in [0.5, 0.6) is 5.75 Å². The monoisotopic (exact) mass is 381 g/mol. The quantitative estimate of drug-likeness (QED) is 0.588. The van der Waals surface area contributed by atoms with E-state index in [9.17, 15) is 9.65 Å². The summed E-state index contributed by atoms with van der Waals surface area (Å²) in [5.41, 5.74) is 4.63. The van der Waals surface area contributed by atoms with Crippen molar-refractivity contribution in [2.45, 2.75) is 6.42 Å². The molecule has 27 heavy (non-hydrogen) atoms. The molecule has 0 saturated carbocycles. The van der Waals surface area contributed by atoms with Crippen LogP contribution >= 0.6 is 11.9 Å². The smallest absolute Gasteiger partial charge is 0.123 e. The van der Waals surface area contributed by atoms with Crippen molar-refractivity contribution in [2.75, 3.05) is 29.9 Å². The van der Waals surface area contributed by atoms with Crippen LogP contribution < -0.4 is 9.04 Å². The molecule has 0 aliphatic carbocycles. The van der Waals surface area contributed by atoms with Crippen LogP contribution in [0.3, 0.4) is 0 Å². The summed E-state index contributed by atoms with van der Waals surface area (Å²) in [4.78, 5) is 0. The van der Waals surface area contributed by atoms with Gasteiger partial charge in [0, 0.05) is 36.5 Å². The summed E-state index contributed by atoms with van der Waals surface area (Å²) in [5, 5.41) is 10.6. The molecule has 0 N–H and O–H groups in total. The third kappa shape index (κ3) is 3.24. The van der Waals surface area contributed by atoms with E-state index in [1.165, 1.54) is 12.1 Å². The van der Waals surface area contributed by atoms with E-state index in [4.69, 9.17) is 4.74 Å². The van der Waals surface area contributed by atoms with Gasteiger partial charge in [0.25, 0.3) is 0 Å². The number of aromatic nitrogens is 1. The standard InChI is InChI=1S/C21H20FN3OS/c1-24-20-13-17(26-11-9-22)7-8-18(20)19(14-23)21(24)15-3-5-16(6-4-15)25-10-2-12-27-25/h3-8,13H,2,9-12H2,1H3. The number of fused-ring (bicyclic) bond motifs is 1. The Labute approximate surface area is 162 Å². The van der Waals surface area contributed by atoms with Gasteiger partial charge in [0.05, 0.1) is 16.8 Å². The molecule has 0 unspecified atom stereocenters. The molecule has 2 heterocycles. The highest BCUT2D eigenvalue weighted by Crippen LogP contribution is 2.36. The molecule has 1 fully saturated rings. The Hall–Kier alpha value is -2.65. The van der Waals surface area contributed by atoms with E-state index in [-0.39, 0.29) is 6.61 Å². The van der Waals surface area contributed by atoms with Gasteiger partial charge in [-0.3, -0.25) is 0 Å². The molecule has 0 atom stereocenters. The van der Waals surface area contributed by atoms with Crippen LogP contribution in [-0.4, -0.2) is 30.1 Å². The molecule has 1 aliphatic heterocycles. The molecule has 1 saturated heterocycles. The second kappa shape index (κ2) is 7.53. The van der Waals surface area contributed by atoms with Gasteiger partial charge >= 0.3 is 0 Å². The van der Waals surface area contributed by atoms with Crippen molar-refractivity contribution >= 4 is 28.5 Å². The number of halogens is 1. The molecule has 6 heteroatoms. The summed E-state index contributed by atoms with van der Waals surface area (Å²) >= 11 is 1.85. The van der Waals surface area contributed by atoms with Crippen molar-refractivity contribution in [3.05, 3.63) is 48.0 Å². The van der Waals surface area contributed by atoms with Crippen LogP contribution in [0.15, 0.2) is 42.5 Å². The van der Waals surface area contributed by atoms with Crippen LogP contribution in [0.1, 0.15) is 12.0 Å². The summed E-state index contributed by atoms with van der Waals surface area (Å²) in [7, 11) is 1.95. The fourth-order valence-electron chi connectivity index (χ4n) is 3.55. The number of rotatable bonds is 5. The number of nitriles is 1. The maximum atomic E-state index is 12.4. The Morgan fingerprint density at radius 3 is 2.70 bits per heavy atom. The lowest BCUT2D eigenvalue weighted by molar-refractivity contribution is 0.273. The Morgan fingerprint density at radius 2 is 2.04 bits per heavy atom. The van der Waals surface area contributed by atoms with Gasteiger partial charge in [-0.15, -0.1) is 0 Å². The first-order valence-electron chi connectivity index (χ1n) is 8.95. The van der Waals surface area contributed by atoms with Crippen LogP contribution in [0.4, 0.5) is 10.1 Å². The van der Waals surface area contributed by atoms with E-state index in [0.29, 0.717) is 11.3 Å². The molecule has 4 rings (SSSR count). The zero-order valence-corrected chi connectivity index (χ0v) is 15.9. The minimum atomic E-state index is -0.526. The average molecular weight is 381 g/mol. The summed E-state index contributed by atoms with van der Waals surface area (Å²) in [5.74, 6) is 1.77. The molecule has 0 bridgehead atoms. The Bertz CT molecular complexity index is 1000. The first-order valence-corrected chi connectivity index (χ1v) is 9.89. The van der Waals surface area contributed by atoms with E-state index < -0.39 is 6.67 Å². The minimum absolute atomic E-state index is 0.0316. The lowest BCUT2D eigenvalue weighted by atomic mass is 10.1. The van der Waals surface area contributed by atoms with Gasteiger partial charge in [-0.2, -0.15) is 5.26 Å². The number of anilines is 1. The summed E-state index contributed by atoms with van der Waals surface area (Å²) in [6.45, 7) is 0.578. The maximum absolute atomic E-state index is 12.4. The third-order valence-electron chi connectivity index (χ3n) is 4.81. The van der Waals surface area contributed by atoms with Crippen molar-refractivity contribution in [3.8, 4) is 23.1 Å². The lowest BCUT2D eigenvalue weighted by Crippen LogP contribution is -2.08. The van der Waals surface area contributed by atoms with Crippen molar-refractivity contribution in [1.82, 2.24) is 4.57 Å². The van der Waals surface area contributed by atoms with Gasteiger partial charge in [0.15, 0.2) is 0 Å². The molecule has 1 aromatic heterocycles. The second-order valence-corrected chi connectivity index (χ2v) is 7.55. The van der Waals surface area contributed by atoms with Gasteiger partial charge in [-0.25, -0.2) is 4.39 Å². The maximum Gasteiger partial charge on any atom is 0.123 e. The van der Waals surface area contributed by atoms with Crippen molar-refractivity contribution < 1.29 is 9.13 Å². The molecular formula is C21H20FN3OS. The number of hydrogen-bond acceptors (Lipinski definition) is 4. The fourth-order valence-corrected chi connectivity index (χ4v) is 4.56. The van der Waals surface area contributed by atoms with Gasteiger partial charge in [-0.1, -0.05) is 12.1 Å². The highest BCUT2D eigenvalue weighted by molar-refractivity contribution is 8.00. The van der Waals surface area contributed by atoms with E-state index >= 15 is 0 Å². The summed E-state index contributed by atoms with van der Waals surface area (Å²) in [6.07, 6.45) is 1.21. The van der Waals surface area contributed by atoms with Crippen molar-refractivity contribution in [3.63, 3.8) is 0 Å². The van der Waals surface area contributed by atoms with Crippen LogP contribution in [0.2, 0.25) is 0 Å². The molecule has 138 valence electrons. The summed E-state index contributed by atoms with van der Waals surface area (Å²) < 4.78 is 22.1. The lowest BCUT2D eigenvalue weighted by Gasteiger charge is -2.16. The molecule has 0 spiro atoms. The van der Waals surface area contributed by atoms with Gasteiger partial charge < -0.3 is 13.6 Å². The summed E-state index contributed by atoms with van der Waals surface area (Å²) in [6, 6.07) is 16.3. The fraction of sp³-hybridized carbons (Fsp3) is 0.286. The average Bonchev–Trinajstić information content (AvgIpc) is 3.33. The Kier molecular flexibility index (Phi) is 4.95. The molecule has 4 nitrogen and oxygen atoms in total. The molecular weight excluding hydrogens is 361 g/mol. The minimum Gasteiger partial charge on any atom is -0.491 e. The van der Waals surface area contributed by atoms with Crippen molar-refractivity contribution in [1.29, 1.82) is 5.26 Å². The molecule has 0 amide bonds. The second-order valence-electron chi connectivity index (χ2n) is 6.45. The van der Waals surface area contributed by atoms with Crippen LogP contribution in [0.25, 0.3) is 22.2 Å². The molecule has 3 aromatic rings. The van der Waals surface area contributed by atoms with E-state index in [2.05, 4.69) is 34.6 Å². The number of benzene rings is 2. The molecule has 1 aliphatic rings. The Balaban J connectivity index is 1.76. The third-order valence-corrected chi connectivity index (χ3v) is 5.99. The van der Waals surface area contributed by atoms with E-state index in [1.807, 2.05) is 35.7 Å². The topological polar surface area (TPSA) is 41.2 Å².